The van der Waals surface area contributed by atoms with Crippen LogP contribution in [0, 0.1) is 18.3 Å². The summed E-state index contributed by atoms with van der Waals surface area (Å²) in [6.45, 7) is 2.20. The van der Waals surface area contributed by atoms with Crippen LogP contribution in [0.3, 0.4) is 0 Å². The van der Waals surface area contributed by atoms with Gasteiger partial charge in [0.2, 0.25) is 0 Å². The summed E-state index contributed by atoms with van der Waals surface area (Å²) in [5.41, 5.74) is 1.63. The van der Waals surface area contributed by atoms with Crippen molar-refractivity contribution in [3.63, 3.8) is 0 Å². The molecule has 2 aromatic carbocycles. The van der Waals surface area contributed by atoms with Crippen LogP contribution in [0.15, 0.2) is 59.4 Å². The Hall–Kier alpha value is -3.39. The molecule has 0 radical (unpaired) electrons. The van der Waals surface area contributed by atoms with E-state index < -0.39 is 0 Å². The van der Waals surface area contributed by atoms with E-state index >= 15 is 0 Å². The van der Waals surface area contributed by atoms with Crippen LogP contribution in [0.25, 0.3) is 10.8 Å². The highest BCUT2D eigenvalue weighted by Gasteiger charge is 2.19. The predicted octanol–water partition coefficient (Wildman–Crippen LogP) is 3.40. The fourth-order valence-electron chi connectivity index (χ4n) is 2.78. The number of nitriles is 1. The first-order chi connectivity index (χ1) is 12.1. The van der Waals surface area contributed by atoms with E-state index in [1.165, 1.54) is 4.90 Å². The van der Waals surface area contributed by atoms with E-state index in [1.54, 1.807) is 24.3 Å². The van der Waals surface area contributed by atoms with E-state index in [0.29, 0.717) is 16.5 Å². The maximum atomic E-state index is 13.0. The predicted molar refractivity (Wildman–Crippen MR) is 97.7 cm³/mol. The molecule has 3 aromatic rings. The number of carbonyl (C=O) groups excluding carboxylic acids is 1. The van der Waals surface area contributed by atoms with Gasteiger partial charge in [0.1, 0.15) is 5.69 Å². The number of aryl methyl sites for hydroxylation is 1. The summed E-state index contributed by atoms with van der Waals surface area (Å²) in [7, 11) is 0. The largest absolute Gasteiger partial charge is 0.317 e. The summed E-state index contributed by atoms with van der Waals surface area (Å²) in [6.07, 6.45) is 0.206. The van der Waals surface area contributed by atoms with Gasteiger partial charge >= 0.3 is 0 Å². The molecule has 0 fully saturated rings. The molecule has 0 saturated heterocycles. The van der Waals surface area contributed by atoms with E-state index in [-0.39, 0.29) is 30.1 Å². The van der Waals surface area contributed by atoms with Crippen LogP contribution in [0.5, 0.6) is 0 Å². The summed E-state index contributed by atoms with van der Waals surface area (Å²) in [4.78, 5) is 29.4. The number of aromatic amines is 1. The summed E-state index contributed by atoms with van der Waals surface area (Å²) in [6, 6.07) is 18.4. The number of carbonyl (C=O) groups is 1. The monoisotopic (exact) mass is 331 g/mol. The van der Waals surface area contributed by atoms with Crippen molar-refractivity contribution in [1.29, 1.82) is 5.26 Å². The second-order valence-corrected chi connectivity index (χ2v) is 5.80. The Morgan fingerprint density at radius 1 is 1.16 bits per heavy atom. The van der Waals surface area contributed by atoms with Gasteiger partial charge in [-0.2, -0.15) is 5.26 Å². The van der Waals surface area contributed by atoms with E-state index in [2.05, 4.69) is 11.1 Å². The summed E-state index contributed by atoms with van der Waals surface area (Å²) in [5, 5.41) is 10.2. The number of amides is 1. The Bertz CT molecular complexity index is 1030. The van der Waals surface area contributed by atoms with Crippen molar-refractivity contribution in [1.82, 2.24) is 4.98 Å². The highest BCUT2D eigenvalue weighted by molar-refractivity contribution is 6.06. The summed E-state index contributed by atoms with van der Waals surface area (Å²) in [5.74, 6) is -0.330. The Kier molecular flexibility index (Phi) is 4.62. The Morgan fingerprint density at radius 3 is 2.72 bits per heavy atom. The first-order valence-corrected chi connectivity index (χ1v) is 7.97. The normalized spacial score (nSPS) is 10.4. The minimum atomic E-state index is -0.330. The van der Waals surface area contributed by atoms with Gasteiger partial charge in [0.05, 0.1) is 12.5 Å². The second kappa shape index (κ2) is 7.02. The minimum absolute atomic E-state index is 0.206. The fraction of sp³-hybridized carbons (Fsp3) is 0.150. The van der Waals surface area contributed by atoms with Crippen LogP contribution in [-0.4, -0.2) is 17.4 Å². The van der Waals surface area contributed by atoms with Gasteiger partial charge in [-0.3, -0.25) is 9.59 Å². The van der Waals surface area contributed by atoms with Crippen molar-refractivity contribution in [3.05, 3.63) is 76.2 Å². The maximum Gasteiger partial charge on any atom is 0.274 e. The Morgan fingerprint density at radius 2 is 1.96 bits per heavy atom. The highest BCUT2D eigenvalue weighted by atomic mass is 16.2. The van der Waals surface area contributed by atoms with Crippen molar-refractivity contribution in [2.45, 2.75) is 13.3 Å². The number of nitrogens with one attached hydrogen (secondary N) is 1. The summed E-state index contributed by atoms with van der Waals surface area (Å²) >= 11 is 0. The van der Waals surface area contributed by atoms with Crippen LogP contribution < -0.4 is 10.5 Å². The average molecular weight is 331 g/mol. The topological polar surface area (TPSA) is 77.0 Å². The smallest absolute Gasteiger partial charge is 0.274 e. The molecule has 0 aliphatic rings. The lowest BCUT2D eigenvalue weighted by atomic mass is 10.1. The molecule has 0 atom stereocenters. The third-order valence-electron chi connectivity index (χ3n) is 3.99. The van der Waals surface area contributed by atoms with Crippen LogP contribution in [0.4, 0.5) is 5.69 Å². The van der Waals surface area contributed by atoms with Crippen molar-refractivity contribution < 1.29 is 4.79 Å². The number of hydrogen-bond acceptors (Lipinski definition) is 3. The molecule has 1 heterocycles. The number of nitrogens with zero attached hydrogens (tertiary/aromatic N) is 2. The van der Waals surface area contributed by atoms with Crippen LogP contribution >= 0.6 is 0 Å². The van der Waals surface area contributed by atoms with Gasteiger partial charge in [0, 0.05) is 17.6 Å². The zero-order chi connectivity index (χ0) is 17.8. The molecule has 0 aliphatic carbocycles. The number of H-pyrrole nitrogens is 1. The SMILES string of the molecule is Cc1cccc(N(CCC#N)C(=O)c2cc3ccccc3c(=O)[nH]2)c1. The Balaban J connectivity index is 2.06. The number of benzene rings is 2. The van der Waals surface area contributed by atoms with E-state index in [4.69, 9.17) is 5.26 Å². The highest BCUT2D eigenvalue weighted by Crippen LogP contribution is 2.19. The van der Waals surface area contributed by atoms with E-state index in [9.17, 15) is 9.59 Å². The standard InChI is InChI=1S/C20H17N3O2/c1-14-6-4-8-16(12-14)23(11-5-10-21)20(25)18-13-15-7-2-3-9-17(15)19(24)22-18/h2-4,6-9,12-13H,5,11H2,1H3,(H,22,24). The van der Waals surface area contributed by atoms with Crippen LogP contribution in [0.1, 0.15) is 22.5 Å². The number of aromatic nitrogens is 1. The molecule has 124 valence electrons. The lowest BCUT2D eigenvalue weighted by Gasteiger charge is -2.22. The molecule has 3 rings (SSSR count). The van der Waals surface area contributed by atoms with Gasteiger partial charge in [-0.1, -0.05) is 30.3 Å². The van der Waals surface area contributed by atoms with Gasteiger partial charge in [-0.05, 0) is 42.1 Å². The molecule has 0 unspecified atom stereocenters. The number of pyridine rings is 1. The lowest BCUT2D eigenvalue weighted by molar-refractivity contribution is 0.0982. The number of rotatable bonds is 4. The molecule has 0 bridgehead atoms. The lowest BCUT2D eigenvalue weighted by Crippen LogP contribution is -2.33. The minimum Gasteiger partial charge on any atom is -0.317 e. The van der Waals surface area contributed by atoms with Gasteiger partial charge < -0.3 is 9.88 Å². The summed E-state index contributed by atoms with van der Waals surface area (Å²) < 4.78 is 0. The van der Waals surface area contributed by atoms with Gasteiger partial charge in [-0.15, -0.1) is 0 Å². The average Bonchev–Trinajstić information content (AvgIpc) is 2.62. The zero-order valence-electron chi connectivity index (χ0n) is 13.8. The van der Waals surface area contributed by atoms with Crippen LogP contribution in [0.2, 0.25) is 0 Å². The van der Waals surface area contributed by atoms with Gasteiger partial charge in [0.25, 0.3) is 11.5 Å². The van der Waals surface area contributed by atoms with E-state index in [0.717, 1.165) is 5.56 Å². The van der Waals surface area contributed by atoms with Gasteiger partial charge in [0.15, 0.2) is 0 Å². The molecule has 1 aromatic heterocycles. The zero-order valence-corrected chi connectivity index (χ0v) is 13.8. The third kappa shape index (κ3) is 3.43. The molecule has 1 amide bonds. The number of anilines is 1. The van der Waals surface area contributed by atoms with E-state index in [1.807, 2.05) is 37.3 Å². The molecule has 0 aliphatic heterocycles. The second-order valence-electron chi connectivity index (χ2n) is 5.80. The molecule has 1 N–H and O–H groups in total. The fourth-order valence-corrected chi connectivity index (χ4v) is 2.78. The molecule has 5 heteroatoms. The molecular formula is C20H17N3O2. The number of hydrogen-bond donors (Lipinski definition) is 1. The maximum absolute atomic E-state index is 13.0. The first-order valence-electron chi connectivity index (χ1n) is 7.97. The molecule has 5 nitrogen and oxygen atoms in total. The van der Waals surface area contributed by atoms with Crippen molar-refractivity contribution in [3.8, 4) is 6.07 Å². The first kappa shape index (κ1) is 16.5. The van der Waals surface area contributed by atoms with Crippen molar-refractivity contribution in [2.24, 2.45) is 0 Å². The molecule has 25 heavy (non-hydrogen) atoms. The molecule has 0 saturated carbocycles. The third-order valence-corrected chi connectivity index (χ3v) is 3.99. The molecular weight excluding hydrogens is 314 g/mol. The van der Waals surface area contributed by atoms with Gasteiger partial charge in [-0.25, -0.2) is 0 Å². The molecule has 0 spiro atoms. The van der Waals surface area contributed by atoms with Crippen molar-refractivity contribution >= 4 is 22.4 Å². The quantitative estimate of drug-likeness (QED) is 0.796. The van der Waals surface area contributed by atoms with Crippen LogP contribution in [-0.2, 0) is 0 Å². The number of fused-ring (bicyclic) bond motifs is 1. The van der Waals surface area contributed by atoms with Crippen molar-refractivity contribution in [2.75, 3.05) is 11.4 Å². The Labute approximate surface area is 145 Å².